The summed E-state index contributed by atoms with van der Waals surface area (Å²) in [6, 6.07) is 21.6. The standard InChI is InChI=1S/C22H17ClO5/c23-16-9-5-14(6-10-16)13-26-17-11-7-15(8-12-17)20-21(22(24)25)28-19-4-2-1-3-18(19)27-20/h1-12,20-21H,13H2,(H,24,25). The third-order valence-electron chi connectivity index (χ3n) is 4.40. The van der Waals surface area contributed by atoms with E-state index in [9.17, 15) is 9.90 Å². The Labute approximate surface area is 167 Å². The van der Waals surface area contributed by atoms with Crippen molar-refractivity contribution in [3.05, 3.63) is 88.9 Å². The van der Waals surface area contributed by atoms with Crippen LogP contribution in [0.25, 0.3) is 0 Å². The molecule has 28 heavy (non-hydrogen) atoms. The Morgan fingerprint density at radius 2 is 1.57 bits per heavy atom. The lowest BCUT2D eigenvalue weighted by Crippen LogP contribution is -2.39. The number of halogens is 1. The van der Waals surface area contributed by atoms with Gasteiger partial charge in [0, 0.05) is 5.02 Å². The van der Waals surface area contributed by atoms with Crippen molar-refractivity contribution in [2.75, 3.05) is 0 Å². The van der Waals surface area contributed by atoms with Crippen LogP contribution in [0.5, 0.6) is 17.2 Å². The predicted molar refractivity (Wildman–Crippen MR) is 104 cm³/mol. The number of carbonyl (C=O) groups is 1. The summed E-state index contributed by atoms with van der Waals surface area (Å²) in [6.07, 6.45) is -1.88. The minimum absolute atomic E-state index is 0.407. The normalized spacial score (nSPS) is 17.8. The Morgan fingerprint density at radius 3 is 2.21 bits per heavy atom. The first-order valence-electron chi connectivity index (χ1n) is 8.72. The number of ether oxygens (including phenoxy) is 3. The lowest BCUT2D eigenvalue weighted by molar-refractivity contribution is -0.151. The fourth-order valence-corrected chi connectivity index (χ4v) is 3.09. The van der Waals surface area contributed by atoms with Crippen molar-refractivity contribution in [3.63, 3.8) is 0 Å². The average Bonchev–Trinajstić information content (AvgIpc) is 2.73. The van der Waals surface area contributed by atoms with Gasteiger partial charge >= 0.3 is 5.97 Å². The minimum Gasteiger partial charge on any atom is -0.489 e. The van der Waals surface area contributed by atoms with Gasteiger partial charge in [0.25, 0.3) is 0 Å². The van der Waals surface area contributed by atoms with Crippen LogP contribution in [0.3, 0.4) is 0 Å². The fraction of sp³-hybridized carbons (Fsp3) is 0.136. The Bertz CT molecular complexity index is 969. The molecule has 1 aliphatic rings. The molecule has 5 nitrogen and oxygen atoms in total. The van der Waals surface area contributed by atoms with Crippen LogP contribution < -0.4 is 14.2 Å². The Kier molecular flexibility index (Phi) is 5.08. The number of carboxylic acid groups (broad SMARTS) is 1. The van der Waals surface area contributed by atoms with Crippen molar-refractivity contribution in [1.29, 1.82) is 0 Å². The first kappa shape index (κ1) is 18.2. The maximum atomic E-state index is 11.7. The number of carboxylic acids is 1. The van der Waals surface area contributed by atoms with E-state index in [1.165, 1.54) is 0 Å². The number of hydrogen-bond donors (Lipinski definition) is 1. The molecule has 0 bridgehead atoms. The van der Waals surface area contributed by atoms with Crippen LogP contribution in [-0.4, -0.2) is 17.2 Å². The van der Waals surface area contributed by atoms with Crippen LogP contribution >= 0.6 is 11.6 Å². The van der Waals surface area contributed by atoms with E-state index in [2.05, 4.69) is 0 Å². The molecule has 1 aliphatic heterocycles. The van der Waals surface area contributed by atoms with Gasteiger partial charge in [-0.3, -0.25) is 0 Å². The van der Waals surface area contributed by atoms with Crippen LogP contribution in [0.1, 0.15) is 17.2 Å². The molecular weight excluding hydrogens is 380 g/mol. The van der Waals surface area contributed by atoms with Crippen molar-refractivity contribution in [1.82, 2.24) is 0 Å². The number of rotatable bonds is 5. The molecule has 6 heteroatoms. The zero-order valence-electron chi connectivity index (χ0n) is 14.7. The molecule has 142 valence electrons. The van der Waals surface area contributed by atoms with E-state index >= 15 is 0 Å². The Morgan fingerprint density at radius 1 is 0.929 bits per heavy atom. The summed E-state index contributed by atoms with van der Waals surface area (Å²) < 4.78 is 17.3. The lowest BCUT2D eigenvalue weighted by atomic mass is 10.0. The second-order valence-corrected chi connectivity index (χ2v) is 6.78. The largest absolute Gasteiger partial charge is 0.489 e. The molecule has 0 fully saturated rings. The molecule has 0 aliphatic carbocycles. The molecule has 0 spiro atoms. The van der Waals surface area contributed by atoms with Crippen molar-refractivity contribution in [2.24, 2.45) is 0 Å². The highest BCUT2D eigenvalue weighted by Crippen LogP contribution is 2.39. The van der Waals surface area contributed by atoms with Crippen molar-refractivity contribution in [2.45, 2.75) is 18.8 Å². The molecule has 0 radical (unpaired) electrons. The van der Waals surface area contributed by atoms with Crippen LogP contribution in [-0.2, 0) is 11.4 Å². The van der Waals surface area contributed by atoms with Crippen molar-refractivity contribution >= 4 is 17.6 Å². The zero-order chi connectivity index (χ0) is 19.5. The topological polar surface area (TPSA) is 65.0 Å². The SMILES string of the molecule is O=C(O)C1Oc2ccccc2OC1c1ccc(OCc2ccc(Cl)cc2)cc1. The second kappa shape index (κ2) is 7.82. The fourth-order valence-electron chi connectivity index (χ4n) is 2.97. The molecule has 1 heterocycles. The number of fused-ring (bicyclic) bond motifs is 1. The average molecular weight is 397 g/mol. The summed E-state index contributed by atoms with van der Waals surface area (Å²) in [5, 5.41) is 10.2. The molecule has 3 aromatic carbocycles. The summed E-state index contributed by atoms with van der Waals surface area (Å²) >= 11 is 5.88. The smallest absolute Gasteiger partial charge is 0.349 e. The Balaban J connectivity index is 1.49. The van der Waals surface area contributed by atoms with Gasteiger partial charge in [0.1, 0.15) is 12.4 Å². The Hall–Kier alpha value is -3.18. The first-order valence-corrected chi connectivity index (χ1v) is 9.10. The summed E-state index contributed by atoms with van der Waals surface area (Å²) in [5.74, 6) is 0.535. The van der Waals surface area contributed by atoms with Gasteiger partial charge in [-0.05, 0) is 47.5 Å². The molecule has 2 atom stereocenters. The van der Waals surface area contributed by atoms with Crippen LogP contribution in [0.4, 0.5) is 0 Å². The highest BCUT2D eigenvalue weighted by atomic mass is 35.5. The van der Waals surface area contributed by atoms with Crippen LogP contribution in [0.15, 0.2) is 72.8 Å². The molecule has 0 aromatic heterocycles. The third-order valence-corrected chi connectivity index (χ3v) is 4.65. The summed E-state index contributed by atoms with van der Waals surface area (Å²) in [4.78, 5) is 11.7. The quantitative estimate of drug-likeness (QED) is 0.665. The van der Waals surface area contributed by atoms with Gasteiger partial charge in [-0.25, -0.2) is 4.79 Å². The van der Waals surface area contributed by atoms with Gasteiger partial charge < -0.3 is 19.3 Å². The van der Waals surface area contributed by atoms with Crippen molar-refractivity contribution in [3.8, 4) is 17.2 Å². The van der Waals surface area contributed by atoms with Gasteiger partial charge in [-0.1, -0.05) is 48.0 Å². The van der Waals surface area contributed by atoms with Gasteiger partial charge in [0.15, 0.2) is 17.6 Å². The summed E-state index contributed by atoms with van der Waals surface area (Å²) in [5.41, 5.74) is 1.70. The third kappa shape index (κ3) is 3.89. The summed E-state index contributed by atoms with van der Waals surface area (Å²) in [6.45, 7) is 0.407. The van der Waals surface area contributed by atoms with E-state index in [0.717, 1.165) is 5.56 Å². The number of hydrogen-bond acceptors (Lipinski definition) is 4. The number of para-hydroxylation sites is 2. The van der Waals surface area contributed by atoms with E-state index in [1.54, 1.807) is 42.5 Å². The predicted octanol–water partition coefficient (Wildman–Crippen LogP) is 4.88. The molecule has 4 rings (SSSR count). The summed E-state index contributed by atoms with van der Waals surface area (Å²) in [7, 11) is 0. The van der Waals surface area contributed by atoms with E-state index in [4.69, 9.17) is 25.8 Å². The second-order valence-electron chi connectivity index (χ2n) is 6.35. The highest BCUT2D eigenvalue weighted by Gasteiger charge is 2.38. The van der Waals surface area contributed by atoms with Crippen LogP contribution in [0.2, 0.25) is 5.02 Å². The van der Waals surface area contributed by atoms with Gasteiger partial charge in [-0.2, -0.15) is 0 Å². The van der Waals surface area contributed by atoms with E-state index in [-0.39, 0.29) is 0 Å². The number of aliphatic carboxylic acids is 1. The minimum atomic E-state index is -1.13. The lowest BCUT2D eigenvalue weighted by Gasteiger charge is -2.31. The molecule has 3 aromatic rings. The van der Waals surface area contributed by atoms with E-state index in [1.807, 2.05) is 30.3 Å². The van der Waals surface area contributed by atoms with Gasteiger partial charge in [0.05, 0.1) is 0 Å². The molecule has 0 saturated heterocycles. The molecule has 2 unspecified atom stereocenters. The van der Waals surface area contributed by atoms with Crippen molar-refractivity contribution < 1.29 is 24.1 Å². The first-order chi connectivity index (χ1) is 13.6. The molecule has 0 saturated carbocycles. The van der Waals surface area contributed by atoms with Gasteiger partial charge in [0.2, 0.25) is 6.10 Å². The van der Waals surface area contributed by atoms with E-state index < -0.39 is 18.2 Å². The zero-order valence-corrected chi connectivity index (χ0v) is 15.5. The maximum Gasteiger partial charge on any atom is 0.349 e. The van der Waals surface area contributed by atoms with Crippen LogP contribution in [0, 0.1) is 0 Å². The number of benzene rings is 3. The molecular formula is C22H17ClO5. The molecule has 1 N–H and O–H groups in total. The molecule has 0 amide bonds. The van der Waals surface area contributed by atoms with Gasteiger partial charge in [-0.15, -0.1) is 0 Å². The monoisotopic (exact) mass is 396 g/mol. The van der Waals surface area contributed by atoms with E-state index in [0.29, 0.717) is 34.4 Å². The maximum absolute atomic E-state index is 11.7. The highest BCUT2D eigenvalue weighted by molar-refractivity contribution is 6.30.